The summed E-state index contributed by atoms with van der Waals surface area (Å²) >= 11 is 0. The molecule has 2 aromatic rings. The molecule has 0 bridgehead atoms. The second-order valence-electron chi connectivity index (χ2n) is 7.90. The Labute approximate surface area is 174 Å². The third kappa shape index (κ3) is 3.67. The number of hydrogen-bond acceptors (Lipinski definition) is 6. The molecular weight excluding hydrogens is 418 g/mol. The Kier molecular flexibility index (Phi) is 4.54. The lowest BCUT2D eigenvalue weighted by Gasteiger charge is -2.31. The van der Waals surface area contributed by atoms with Crippen molar-refractivity contribution in [1.82, 2.24) is 15.3 Å². The summed E-state index contributed by atoms with van der Waals surface area (Å²) in [5, 5.41) is 5.57. The quantitative estimate of drug-likeness (QED) is 0.714. The number of aromatic nitrogens is 2. The van der Waals surface area contributed by atoms with Gasteiger partial charge in [0.15, 0.2) is 11.8 Å². The fourth-order valence-electron chi connectivity index (χ4n) is 3.97. The van der Waals surface area contributed by atoms with E-state index in [1.165, 1.54) is 12.3 Å². The van der Waals surface area contributed by atoms with Crippen molar-refractivity contribution in [3.63, 3.8) is 0 Å². The summed E-state index contributed by atoms with van der Waals surface area (Å²) in [4.78, 5) is 22.2. The molecule has 0 radical (unpaired) electrons. The van der Waals surface area contributed by atoms with Crippen molar-refractivity contribution >= 4 is 17.7 Å². The predicted molar refractivity (Wildman–Crippen MR) is 103 cm³/mol. The average Bonchev–Trinajstić information content (AvgIpc) is 3.50. The monoisotopic (exact) mass is 437 g/mol. The minimum absolute atomic E-state index is 0.0241. The second kappa shape index (κ2) is 7.04. The molecule has 164 valence electrons. The summed E-state index contributed by atoms with van der Waals surface area (Å²) in [7, 11) is 0. The zero-order valence-corrected chi connectivity index (χ0v) is 16.3. The smallest absolute Gasteiger partial charge is 0.416 e. The van der Waals surface area contributed by atoms with E-state index >= 15 is 4.39 Å². The molecule has 1 amide bonds. The molecule has 0 spiro atoms. The maximum Gasteiger partial charge on any atom is 0.416 e. The molecular formula is C20H19F4N5O2. The van der Waals surface area contributed by atoms with Crippen molar-refractivity contribution in [1.29, 1.82) is 0 Å². The van der Waals surface area contributed by atoms with E-state index in [-0.39, 0.29) is 41.3 Å². The molecule has 31 heavy (non-hydrogen) atoms. The van der Waals surface area contributed by atoms with E-state index in [0.717, 1.165) is 12.1 Å². The fourth-order valence-corrected chi connectivity index (χ4v) is 3.97. The third-order valence-electron chi connectivity index (χ3n) is 5.75. The van der Waals surface area contributed by atoms with Crippen molar-refractivity contribution < 1.29 is 27.1 Å². The van der Waals surface area contributed by atoms with Gasteiger partial charge in [-0.15, -0.1) is 0 Å². The van der Waals surface area contributed by atoms with Crippen LogP contribution >= 0.6 is 0 Å². The first-order chi connectivity index (χ1) is 14.7. The molecule has 1 saturated carbocycles. The van der Waals surface area contributed by atoms with E-state index in [1.54, 1.807) is 4.90 Å². The van der Waals surface area contributed by atoms with Gasteiger partial charge in [-0.05, 0) is 31.0 Å². The average molecular weight is 437 g/mol. The van der Waals surface area contributed by atoms with E-state index in [0.29, 0.717) is 26.2 Å². The van der Waals surface area contributed by atoms with Gasteiger partial charge in [0.25, 0.3) is 0 Å². The van der Waals surface area contributed by atoms with Crippen molar-refractivity contribution in [2.75, 3.05) is 36.4 Å². The van der Waals surface area contributed by atoms with Crippen LogP contribution in [0.5, 0.6) is 0 Å². The Hall–Kier alpha value is -2.95. The maximum atomic E-state index is 15.0. The van der Waals surface area contributed by atoms with Gasteiger partial charge in [0.1, 0.15) is 11.6 Å². The number of alkyl halides is 4. The van der Waals surface area contributed by atoms with Crippen LogP contribution in [0.3, 0.4) is 0 Å². The van der Waals surface area contributed by atoms with Gasteiger partial charge in [-0.2, -0.15) is 13.2 Å². The van der Waals surface area contributed by atoms with Crippen LogP contribution in [-0.2, 0) is 10.9 Å². The van der Waals surface area contributed by atoms with Crippen LogP contribution in [-0.4, -0.2) is 47.9 Å². The van der Waals surface area contributed by atoms with E-state index in [9.17, 15) is 18.0 Å². The summed E-state index contributed by atoms with van der Waals surface area (Å²) in [6.07, 6.45) is -4.94. The summed E-state index contributed by atoms with van der Waals surface area (Å²) in [6, 6.07) is 3.44. The van der Waals surface area contributed by atoms with Gasteiger partial charge in [-0.25, -0.2) is 19.2 Å². The molecule has 0 aromatic carbocycles. The number of piperazine rings is 1. The SMILES string of the molecule is O=C1Nc2nccc(-c3cc(C(F)(F)F)cc(N4CCNCC4)n3)c2C(C2(F)CC2)O1. The molecule has 2 aromatic heterocycles. The molecule has 4 heterocycles. The number of nitrogens with one attached hydrogen (secondary N) is 2. The highest BCUT2D eigenvalue weighted by Crippen LogP contribution is 2.55. The minimum Gasteiger partial charge on any atom is -0.437 e. The number of amides is 1. The molecule has 7 nitrogen and oxygen atoms in total. The van der Waals surface area contributed by atoms with Crippen LogP contribution in [0.25, 0.3) is 11.3 Å². The van der Waals surface area contributed by atoms with Crippen LogP contribution in [0.15, 0.2) is 24.4 Å². The van der Waals surface area contributed by atoms with Gasteiger partial charge in [0.05, 0.1) is 11.3 Å². The number of carbonyl (C=O) groups excluding carboxylic acids is 1. The molecule has 3 aliphatic rings. The molecule has 2 aliphatic heterocycles. The second-order valence-corrected chi connectivity index (χ2v) is 7.90. The third-order valence-corrected chi connectivity index (χ3v) is 5.75. The summed E-state index contributed by atoms with van der Waals surface area (Å²) in [5.74, 6) is 0.265. The van der Waals surface area contributed by atoms with Crippen molar-refractivity contribution in [2.24, 2.45) is 0 Å². The first kappa shape index (κ1) is 20.0. The topological polar surface area (TPSA) is 79.4 Å². The van der Waals surface area contributed by atoms with Crippen LogP contribution in [0, 0.1) is 0 Å². The Balaban J connectivity index is 1.67. The van der Waals surface area contributed by atoms with E-state index in [4.69, 9.17) is 4.74 Å². The van der Waals surface area contributed by atoms with Crippen molar-refractivity contribution in [2.45, 2.75) is 30.8 Å². The predicted octanol–water partition coefficient (Wildman–Crippen LogP) is 3.68. The molecule has 11 heteroatoms. The number of ether oxygens (including phenoxy) is 1. The largest absolute Gasteiger partial charge is 0.437 e. The van der Waals surface area contributed by atoms with Crippen LogP contribution in [0.2, 0.25) is 0 Å². The summed E-state index contributed by atoms with van der Waals surface area (Å²) in [6.45, 7) is 2.28. The molecule has 5 rings (SSSR count). The zero-order chi connectivity index (χ0) is 21.8. The molecule has 2 N–H and O–H groups in total. The number of fused-ring (bicyclic) bond motifs is 1. The Bertz CT molecular complexity index is 1030. The lowest BCUT2D eigenvalue weighted by atomic mass is 9.95. The normalized spacial score (nSPS) is 22.4. The molecule has 1 atom stereocenters. The first-order valence-electron chi connectivity index (χ1n) is 9.95. The number of pyridine rings is 2. The summed E-state index contributed by atoms with van der Waals surface area (Å²) < 4.78 is 61.3. The van der Waals surface area contributed by atoms with Crippen molar-refractivity contribution in [3.8, 4) is 11.3 Å². The van der Waals surface area contributed by atoms with Gasteiger partial charge in [0.2, 0.25) is 0 Å². The number of carbonyl (C=O) groups is 1. The number of rotatable bonds is 3. The minimum atomic E-state index is -4.59. The van der Waals surface area contributed by atoms with Gasteiger partial charge in [0, 0.05) is 43.5 Å². The maximum absolute atomic E-state index is 15.0. The number of anilines is 2. The van der Waals surface area contributed by atoms with Gasteiger partial charge in [-0.1, -0.05) is 0 Å². The van der Waals surface area contributed by atoms with Gasteiger partial charge in [-0.3, -0.25) is 5.32 Å². The number of cyclic esters (lactones) is 1. The number of hydrogen-bond donors (Lipinski definition) is 2. The Morgan fingerprint density at radius 3 is 2.61 bits per heavy atom. The van der Waals surface area contributed by atoms with E-state index in [1.807, 2.05) is 0 Å². The lowest BCUT2D eigenvalue weighted by Crippen LogP contribution is -2.44. The highest BCUT2D eigenvalue weighted by molar-refractivity contribution is 5.89. The van der Waals surface area contributed by atoms with Gasteiger partial charge < -0.3 is 15.0 Å². The standard InChI is InChI=1S/C20H19F4N5O2/c21-19(2-3-19)16-15-12(1-4-26-17(15)28-18(30)31-16)13-9-11(20(22,23)24)10-14(27-13)29-7-5-25-6-8-29/h1,4,9-10,16,25H,2-3,5-8H2,(H,26,28,30). The fraction of sp³-hybridized carbons (Fsp3) is 0.450. The Morgan fingerprint density at radius 1 is 1.19 bits per heavy atom. The summed E-state index contributed by atoms with van der Waals surface area (Å²) in [5.41, 5.74) is -2.12. The van der Waals surface area contributed by atoms with Crippen molar-refractivity contribution in [3.05, 3.63) is 35.5 Å². The highest BCUT2D eigenvalue weighted by Gasteiger charge is 2.56. The lowest BCUT2D eigenvalue weighted by molar-refractivity contribution is -0.137. The van der Waals surface area contributed by atoms with Crippen LogP contribution < -0.4 is 15.5 Å². The number of halogens is 4. The molecule has 1 aliphatic carbocycles. The molecule has 1 unspecified atom stereocenters. The number of nitrogens with zero attached hydrogens (tertiary/aromatic N) is 3. The molecule has 2 fully saturated rings. The highest BCUT2D eigenvalue weighted by atomic mass is 19.4. The first-order valence-corrected chi connectivity index (χ1v) is 9.95. The van der Waals surface area contributed by atoms with Crippen LogP contribution in [0.4, 0.5) is 34.0 Å². The van der Waals surface area contributed by atoms with Crippen LogP contribution in [0.1, 0.15) is 30.1 Å². The van der Waals surface area contributed by atoms with E-state index < -0.39 is 29.6 Å². The van der Waals surface area contributed by atoms with E-state index in [2.05, 4.69) is 20.6 Å². The molecule has 1 saturated heterocycles. The zero-order valence-electron chi connectivity index (χ0n) is 16.3. The van der Waals surface area contributed by atoms with Gasteiger partial charge >= 0.3 is 12.3 Å². The Morgan fingerprint density at radius 2 is 1.94 bits per heavy atom.